The quantitative estimate of drug-likeness (QED) is 0.472. The number of fused-ring (bicyclic) bond motifs is 2. The Bertz CT molecular complexity index is 99.3. The van der Waals surface area contributed by atoms with Crippen molar-refractivity contribution < 1.29 is 0 Å². The lowest BCUT2D eigenvalue weighted by molar-refractivity contribution is 0.614. The summed E-state index contributed by atoms with van der Waals surface area (Å²) < 4.78 is 0. The van der Waals surface area contributed by atoms with Gasteiger partial charge in [-0.1, -0.05) is 19.3 Å². The zero-order chi connectivity index (χ0) is 6.81. The Kier molecular flexibility index (Phi) is 2.28. The zero-order valence-corrected chi connectivity index (χ0v) is 7.60. The minimum Gasteiger partial charge on any atom is -0.116 e. The smallest absolute Gasteiger partial charge is 0.0234 e. The van der Waals surface area contributed by atoms with Crippen molar-refractivity contribution in [3.8, 4) is 0 Å². The van der Waals surface area contributed by atoms with E-state index in [1.807, 2.05) is 0 Å². The van der Waals surface area contributed by atoms with Crippen molar-refractivity contribution in [1.82, 2.24) is 0 Å². The minimum absolute atomic E-state index is 1.17. The van der Waals surface area contributed by atoms with Gasteiger partial charge in [0.2, 0.25) is 0 Å². The van der Waals surface area contributed by atoms with Gasteiger partial charge in [0.05, 0.1) is 0 Å². The molecule has 0 spiro atoms. The number of rotatable bonds is 0. The molecule has 2 fully saturated rings. The highest BCUT2D eigenvalue weighted by Gasteiger charge is 2.24. The number of hydrogen-bond acceptors (Lipinski definition) is 0. The molecule has 2 aliphatic rings. The average Bonchev–Trinajstić information content (AvgIpc) is 2.30. The maximum absolute atomic E-state index is 1.57. The van der Waals surface area contributed by atoms with Crippen molar-refractivity contribution in [1.29, 1.82) is 0 Å². The van der Waals surface area contributed by atoms with E-state index in [1.54, 1.807) is 25.7 Å². The molecule has 2 unspecified atom stereocenters. The van der Waals surface area contributed by atoms with Gasteiger partial charge in [0.25, 0.3) is 0 Å². The summed E-state index contributed by atoms with van der Waals surface area (Å²) in [6.07, 6.45) is 10.9. The third kappa shape index (κ3) is 1.53. The Morgan fingerprint density at radius 3 is 1.90 bits per heavy atom. The third-order valence-corrected chi connectivity index (χ3v) is 5.04. The van der Waals surface area contributed by atoms with Gasteiger partial charge in [-0.25, -0.2) is 0 Å². The Morgan fingerprint density at radius 2 is 1.30 bits per heavy atom. The molecule has 0 aliphatic carbocycles. The predicted octanol–water partition coefficient (Wildman–Crippen LogP) is 3.16. The average molecular weight is 156 g/mol. The Morgan fingerprint density at radius 1 is 0.700 bits per heavy atom. The van der Waals surface area contributed by atoms with Crippen LogP contribution in [0, 0.1) is 0 Å². The van der Waals surface area contributed by atoms with Crippen LogP contribution >= 0.6 is 8.58 Å². The molecule has 0 radical (unpaired) electrons. The monoisotopic (exact) mass is 156 g/mol. The summed E-state index contributed by atoms with van der Waals surface area (Å²) in [5, 5.41) is 0. The SMILES string of the molecule is C1CCC2CCC(CC1)P2. The maximum Gasteiger partial charge on any atom is -0.0234 e. The van der Waals surface area contributed by atoms with Crippen LogP contribution in [0.15, 0.2) is 0 Å². The molecule has 2 saturated heterocycles. The molecule has 58 valence electrons. The predicted molar refractivity (Wildman–Crippen MR) is 48.2 cm³/mol. The van der Waals surface area contributed by atoms with E-state index in [-0.39, 0.29) is 0 Å². The lowest BCUT2D eigenvalue weighted by Crippen LogP contribution is -1.99. The molecule has 0 aromatic rings. The largest absolute Gasteiger partial charge is 0.116 e. The van der Waals surface area contributed by atoms with Crippen LogP contribution in [0.25, 0.3) is 0 Å². The van der Waals surface area contributed by atoms with Gasteiger partial charge in [0, 0.05) is 0 Å². The molecule has 2 bridgehead atoms. The van der Waals surface area contributed by atoms with Gasteiger partial charge in [0.15, 0.2) is 0 Å². The molecule has 0 amide bonds. The van der Waals surface area contributed by atoms with Crippen LogP contribution < -0.4 is 0 Å². The van der Waals surface area contributed by atoms with E-state index in [1.165, 1.54) is 39.2 Å². The van der Waals surface area contributed by atoms with Gasteiger partial charge in [0.1, 0.15) is 0 Å². The van der Waals surface area contributed by atoms with E-state index in [0.717, 1.165) is 0 Å². The van der Waals surface area contributed by atoms with Crippen molar-refractivity contribution in [2.24, 2.45) is 0 Å². The van der Waals surface area contributed by atoms with Crippen LogP contribution in [-0.2, 0) is 0 Å². The molecule has 1 heteroatoms. The third-order valence-electron chi connectivity index (χ3n) is 2.94. The fourth-order valence-electron chi connectivity index (χ4n) is 2.32. The molecule has 0 nitrogen and oxygen atoms in total. The van der Waals surface area contributed by atoms with Crippen LogP contribution in [0.2, 0.25) is 0 Å². The highest BCUT2D eigenvalue weighted by Crippen LogP contribution is 2.45. The first-order chi connectivity index (χ1) is 4.95. The van der Waals surface area contributed by atoms with E-state index in [2.05, 4.69) is 0 Å². The van der Waals surface area contributed by atoms with Crippen molar-refractivity contribution in [2.45, 2.75) is 56.3 Å². The van der Waals surface area contributed by atoms with Gasteiger partial charge < -0.3 is 0 Å². The minimum atomic E-state index is 1.17. The van der Waals surface area contributed by atoms with Crippen LogP contribution in [0.5, 0.6) is 0 Å². The highest BCUT2D eigenvalue weighted by molar-refractivity contribution is 7.40. The molecule has 0 aromatic carbocycles. The summed E-state index contributed by atoms with van der Waals surface area (Å²) in [6, 6.07) is 0. The van der Waals surface area contributed by atoms with Gasteiger partial charge >= 0.3 is 0 Å². The Labute approximate surface area is 65.6 Å². The molecule has 2 heterocycles. The van der Waals surface area contributed by atoms with Gasteiger partial charge in [-0.2, -0.15) is 0 Å². The van der Waals surface area contributed by atoms with E-state index in [4.69, 9.17) is 0 Å². The molecular weight excluding hydrogens is 139 g/mol. The molecule has 10 heavy (non-hydrogen) atoms. The summed E-state index contributed by atoms with van der Waals surface area (Å²) in [6.45, 7) is 0. The lowest BCUT2D eigenvalue weighted by Gasteiger charge is -2.15. The standard InChI is InChI=1S/C9H17P/c1-2-4-8-6-7-9(10-8)5-3-1/h8-10H,1-7H2. The van der Waals surface area contributed by atoms with Crippen LogP contribution in [-0.4, -0.2) is 11.3 Å². The van der Waals surface area contributed by atoms with E-state index < -0.39 is 0 Å². The first-order valence-electron chi connectivity index (χ1n) is 4.71. The Hall–Kier alpha value is 0.430. The summed E-state index contributed by atoms with van der Waals surface area (Å²) >= 11 is 0. The second-order valence-electron chi connectivity index (χ2n) is 3.78. The first-order valence-corrected chi connectivity index (χ1v) is 5.87. The molecule has 2 aliphatic heterocycles. The lowest BCUT2D eigenvalue weighted by atomic mass is 10.1. The summed E-state index contributed by atoms with van der Waals surface area (Å²) in [5.41, 5.74) is 2.34. The normalized spacial score (nSPS) is 43.2. The van der Waals surface area contributed by atoms with Gasteiger partial charge in [-0.15, -0.1) is 8.58 Å². The maximum atomic E-state index is 1.57. The second kappa shape index (κ2) is 3.22. The summed E-state index contributed by atoms with van der Waals surface area (Å²) in [4.78, 5) is 0. The molecule has 2 atom stereocenters. The molecular formula is C9H17P. The van der Waals surface area contributed by atoms with E-state index >= 15 is 0 Å². The van der Waals surface area contributed by atoms with Gasteiger partial charge in [-0.3, -0.25) is 0 Å². The van der Waals surface area contributed by atoms with Gasteiger partial charge in [-0.05, 0) is 37.0 Å². The van der Waals surface area contributed by atoms with Crippen LogP contribution in [0.4, 0.5) is 0 Å². The van der Waals surface area contributed by atoms with Crippen molar-refractivity contribution >= 4 is 8.58 Å². The molecule has 0 aromatic heterocycles. The topological polar surface area (TPSA) is 0 Å². The van der Waals surface area contributed by atoms with Crippen LogP contribution in [0.1, 0.15) is 44.9 Å². The first kappa shape index (κ1) is 7.10. The molecule has 0 saturated carbocycles. The summed E-state index contributed by atoms with van der Waals surface area (Å²) in [7, 11) is 1.35. The van der Waals surface area contributed by atoms with E-state index in [9.17, 15) is 0 Å². The summed E-state index contributed by atoms with van der Waals surface area (Å²) in [5.74, 6) is 0. The van der Waals surface area contributed by atoms with Crippen LogP contribution in [0.3, 0.4) is 0 Å². The van der Waals surface area contributed by atoms with Crippen molar-refractivity contribution in [2.75, 3.05) is 0 Å². The number of hydrogen-bond donors (Lipinski definition) is 0. The zero-order valence-electron chi connectivity index (χ0n) is 6.60. The molecule has 0 N–H and O–H groups in total. The fourth-order valence-corrected chi connectivity index (χ4v) is 4.39. The highest BCUT2D eigenvalue weighted by atomic mass is 31.1. The van der Waals surface area contributed by atoms with Crippen molar-refractivity contribution in [3.05, 3.63) is 0 Å². The Balaban J connectivity index is 1.91. The second-order valence-corrected chi connectivity index (χ2v) is 5.74. The van der Waals surface area contributed by atoms with E-state index in [0.29, 0.717) is 0 Å². The fraction of sp³-hybridized carbons (Fsp3) is 1.00. The molecule has 2 rings (SSSR count). The van der Waals surface area contributed by atoms with Crippen molar-refractivity contribution in [3.63, 3.8) is 0 Å².